The number of fused-ring (bicyclic) bond motifs is 1. The number of H-pyrrole nitrogens is 1. The van der Waals surface area contributed by atoms with Gasteiger partial charge in [0, 0.05) is 18.6 Å². The summed E-state index contributed by atoms with van der Waals surface area (Å²) in [6.45, 7) is 0. The molecule has 0 saturated carbocycles. The maximum Gasteiger partial charge on any atom is 0.156 e. The summed E-state index contributed by atoms with van der Waals surface area (Å²) >= 11 is 12.6. The van der Waals surface area contributed by atoms with Crippen LogP contribution in [0.3, 0.4) is 0 Å². The van der Waals surface area contributed by atoms with Crippen LogP contribution in [0.25, 0.3) is 22.4 Å². The Hall–Kier alpha value is -2.96. The van der Waals surface area contributed by atoms with E-state index in [9.17, 15) is 4.79 Å². The summed E-state index contributed by atoms with van der Waals surface area (Å²) in [4.78, 5) is 27.3. The van der Waals surface area contributed by atoms with Crippen LogP contribution in [0.5, 0.6) is 0 Å². The number of nitrogens with zero attached hydrogens (tertiary/aromatic N) is 3. The third-order valence-electron chi connectivity index (χ3n) is 3.84. The molecule has 0 saturated heterocycles. The molecular formula is C18H11Cl2N5O. The van der Waals surface area contributed by atoms with Crippen molar-refractivity contribution in [3.8, 4) is 11.4 Å². The van der Waals surface area contributed by atoms with E-state index in [2.05, 4.69) is 25.3 Å². The summed E-state index contributed by atoms with van der Waals surface area (Å²) in [6, 6.07) is 8.75. The highest BCUT2D eigenvalue weighted by atomic mass is 35.5. The van der Waals surface area contributed by atoms with E-state index in [4.69, 9.17) is 23.2 Å². The van der Waals surface area contributed by atoms with E-state index in [-0.39, 0.29) is 0 Å². The Morgan fingerprint density at radius 2 is 1.88 bits per heavy atom. The molecule has 0 spiro atoms. The number of aromatic amines is 1. The van der Waals surface area contributed by atoms with Crippen LogP contribution in [-0.4, -0.2) is 26.2 Å². The zero-order valence-corrected chi connectivity index (χ0v) is 14.7. The van der Waals surface area contributed by atoms with Crippen LogP contribution in [0.4, 0.5) is 11.5 Å². The topological polar surface area (TPSA) is 83.6 Å². The highest BCUT2D eigenvalue weighted by molar-refractivity contribution is 6.39. The molecule has 0 atom stereocenters. The third-order valence-corrected chi connectivity index (χ3v) is 4.47. The summed E-state index contributed by atoms with van der Waals surface area (Å²) in [6.07, 6.45) is 5.44. The number of halogens is 2. The van der Waals surface area contributed by atoms with Crippen molar-refractivity contribution < 1.29 is 4.79 Å². The molecule has 0 aliphatic heterocycles. The molecule has 0 unspecified atom stereocenters. The normalized spacial score (nSPS) is 10.8. The maximum absolute atomic E-state index is 11.2. The van der Waals surface area contributed by atoms with Crippen LogP contribution in [0.2, 0.25) is 10.0 Å². The third kappa shape index (κ3) is 2.89. The first-order valence-electron chi connectivity index (χ1n) is 7.62. The first-order chi connectivity index (χ1) is 12.7. The van der Waals surface area contributed by atoms with E-state index < -0.39 is 0 Å². The van der Waals surface area contributed by atoms with Crippen molar-refractivity contribution in [2.75, 3.05) is 5.32 Å². The number of hydrogen-bond acceptors (Lipinski definition) is 5. The fourth-order valence-electron chi connectivity index (χ4n) is 2.61. The summed E-state index contributed by atoms with van der Waals surface area (Å²) < 4.78 is 0. The molecular weight excluding hydrogens is 373 g/mol. The summed E-state index contributed by atoms with van der Waals surface area (Å²) in [7, 11) is 0. The number of hydrogen-bond donors (Lipinski definition) is 2. The summed E-state index contributed by atoms with van der Waals surface area (Å²) in [5, 5.41) is 4.13. The molecule has 6 nitrogen and oxygen atoms in total. The minimum atomic E-state index is 0.431. The van der Waals surface area contributed by atoms with Gasteiger partial charge in [0.25, 0.3) is 0 Å². The van der Waals surface area contributed by atoms with Crippen LogP contribution in [0, 0.1) is 0 Å². The second kappa shape index (κ2) is 6.74. The van der Waals surface area contributed by atoms with Gasteiger partial charge < -0.3 is 10.3 Å². The van der Waals surface area contributed by atoms with Crippen LogP contribution in [0.15, 0.2) is 48.9 Å². The molecule has 0 amide bonds. The predicted molar refractivity (Wildman–Crippen MR) is 102 cm³/mol. The van der Waals surface area contributed by atoms with Crippen LogP contribution in [-0.2, 0) is 0 Å². The molecule has 0 aliphatic carbocycles. The average Bonchev–Trinajstić information content (AvgIpc) is 3.07. The molecule has 2 N–H and O–H groups in total. The van der Waals surface area contributed by atoms with Crippen molar-refractivity contribution >= 4 is 52.0 Å². The molecule has 4 aromatic rings. The standard InChI is InChI=1S/C18H11Cl2N5O/c19-11-2-1-3-12(20)15(11)17-24-14-5-7-22-18(16(14)25-17)23-13-4-6-21-8-10(13)9-26/h1-9H,(H,24,25)(H,21,22,23). The van der Waals surface area contributed by atoms with Gasteiger partial charge in [0.05, 0.1) is 32.4 Å². The van der Waals surface area contributed by atoms with Gasteiger partial charge in [-0.3, -0.25) is 9.78 Å². The van der Waals surface area contributed by atoms with Gasteiger partial charge in [-0.15, -0.1) is 0 Å². The monoisotopic (exact) mass is 383 g/mol. The number of nitrogens with one attached hydrogen (secondary N) is 2. The van der Waals surface area contributed by atoms with E-state index in [0.29, 0.717) is 49.5 Å². The maximum atomic E-state index is 11.2. The van der Waals surface area contributed by atoms with Crippen molar-refractivity contribution in [2.45, 2.75) is 0 Å². The molecule has 0 radical (unpaired) electrons. The van der Waals surface area contributed by atoms with E-state index in [1.165, 1.54) is 6.20 Å². The van der Waals surface area contributed by atoms with Crippen molar-refractivity contribution in [1.29, 1.82) is 0 Å². The van der Waals surface area contributed by atoms with Crippen LogP contribution in [0.1, 0.15) is 10.4 Å². The van der Waals surface area contributed by atoms with Gasteiger partial charge >= 0.3 is 0 Å². The molecule has 3 aromatic heterocycles. The van der Waals surface area contributed by atoms with E-state index in [0.717, 1.165) is 6.29 Å². The molecule has 1 aromatic carbocycles. The molecule has 26 heavy (non-hydrogen) atoms. The van der Waals surface area contributed by atoms with E-state index in [1.807, 2.05) is 0 Å². The van der Waals surface area contributed by atoms with Crippen molar-refractivity contribution in [3.63, 3.8) is 0 Å². The minimum absolute atomic E-state index is 0.431. The number of anilines is 2. The molecule has 0 aliphatic rings. The second-order valence-corrected chi connectivity index (χ2v) is 6.26. The number of carbonyl (C=O) groups excluding carboxylic acids is 1. The first kappa shape index (κ1) is 16.5. The summed E-state index contributed by atoms with van der Waals surface area (Å²) in [5.41, 5.74) is 3.01. The van der Waals surface area contributed by atoms with Gasteiger partial charge in [-0.25, -0.2) is 9.97 Å². The van der Waals surface area contributed by atoms with E-state index >= 15 is 0 Å². The first-order valence-corrected chi connectivity index (χ1v) is 8.38. The Labute approximate surface area is 158 Å². The molecule has 0 bridgehead atoms. The summed E-state index contributed by atoms with van der Waals surface area (Å²) in [5.74, 6) is 1.07. The number of benzene rings is 1. The number of aromatic nitrogens is 4. The lowest BCUT2D eigenvalue weighted by atomic mass is 10.2. The molecule has 128 valence electrons. The lowest BCUT2D eigenvalue weighted by Gasteiger charge is -2.07. The lowest BCUT2D eigenvalue weighted by Crippen LogP contribution is -1.98. The lowest BCUT2D eigenvalue weighted by molar-refractivity contribution is 0.112. The van der Waals surface area contributed by atoms with Gasteiger partial charge in [0.1, 0.15) is 11.3 Å². The Morgan fingerprint density at radius 3 is 2.65 bits per heavy atom. The fraction of sp³-hybridized carbons (Fsp3) is 0. The highest BCUT2D eigenvalue weighted by Gasteiger charge is 2.15. The fourth-order valence-corrected chi connectivity index (χ4v) is 3.19. The number of aldehydes is 1. The predicted octanol–water partition coefficient (Wildman–Crippen LogP) is 4.88. The quantitative estimate of drug-likeness (QED) is 0.490. The van der Waals surface area contributed by atoms with Crippen molar-refractivity contribution in [1.82, 2.24) is 19.9 Å². The largest absolute Gasteiger partial charge is 0.338 e. The number of pyridine rings is 2. The minimum Gasteiger partial charge on any atom is -0.338 e. The Morgan fingerprint density at radius 1 is 1.08 bits per heavy atom. The highest BCUT2D eigenvalue weighted by Crippen LogP contribution is 2.35. The Balaban J connectivity index is 1.83. The van der Waals surface area contributed by atoms with Crippen molar-refractivity contribution in [3.05, 3.63) is 64.5 Å². The Kier molecular flexibility index (Phi) is 4.28. The zero-order valence-electron chi connectivity index (χ0n) is 13.2. The van der Waals surface area contributed by atoms with Crippen molar-refractivity contribution in [2.24, 2.45) is 0 Å². The van der Waals surface area contributed by atoms with Crippen LogP contribution >= 0.6 is 23.2 Å². The Bertz CT molecular complexity index is 1110. The average molecular weight is 384 g/mol. The van der Waals surface area contributed by atoms with Gasteiger partial charge in [0.15, 0.2) is 12.1 Å². The van der Waals surface area contributed by atoms with Gasteiger partial charge in [-0.2, -0.15) is 0 Å². The van der Waals surface area contributed by atoms with Gasteiger partial charge in [-0.1, -0.05) is 29.3 Å². The van der Waals surface area contributed by atoms with Crippen LogP contribution < -0.4 is 5.32 Å². The van der Waals surface area contributed by atoms with Gasteiger partial charge in [-0.05, 0) is 24.3 Å². The number of imidazole rings is 1. The number of rotatable bonds is 4. The molecule has 4 rings (SSSR count). The zero-order chi connectivity index (χ0) is 18.1. The molecule has 8 heteroatoms. The smallest absolute Gasteiger partial charge is 0.156 e. The number of carbonyl (C=O) groups is 1. The molecule has 3 heterocycles. The molecule has 0 fully saturated rings. The van der Waals surface area contributed by atoms with Gasteiger partial charge in [0.2, 0.25) is 0 Å². The SMILES string of the molecule is O=Cc1cnccc1Nc1nccc2nc(-c3c(Cl)cccc3Cl)[nH]c12. The second-order valence-electron chi connectivity index (χ2n) is 5.44. The van der Waals surface area contributed by atoms with E-state index in [1.54, 1.807) is 42.7 Å².